The fourth-order valence-corrected chi connectivity index (χ4v) is 4.98. The van der Waals surface area contributed by atoms with Crippen LogP contribution in [0.4, 0.5) is 14.5 Å². The number of hydrogen-bond acceptors (Lipinski definition) is 7. The molecule has 3 aliphatic rings. The quantitative estimate of drug-likeness (QED) is 0.399. The highest BCUT2D eigenvalue weighted by Crippen LogP contribution is 2.52. The number of phenolic OH excluding ortho intramolecular Hbond substituents is 1. The first-order chi connectivity index (χ1) is 18.7. The van der Waals surface area contributed by atoms with E-state index in [1.165, 1.54) is 25.3 Å². The molecule has 1 fully saturated rings. The van der Waals surface area contributed by atoms with Gasteiger partial charge in [-0.25, -0.2) is 0 Å². The van der Waals surface area contributed by atoms with Gasteiger partial charge in [-0.05, 0) is 54.8 Å². The molecule has 2 amide bonds. The number of methoxy groups -OCH3 is 1. The fraction of sp³-hybridized carbons (Fsp3) is 0.286. The van der Waals surface area contributed by atoms with Crippen molar-refractivity contribution in [1.82, 2.24) is 5.32 Å². The van der Waals surface area contributed by atoms with E-state index in [4.69, 9.17) is 9.47 Å². The maximum Gasteiger partial charge on any atom is 0.586 e. The number of carbonyl (C=O) groups excluding carboxylic acids is 2. The van der Waals surface area contributed by atoms with Gasteiger partial charge in [0.2, 0.25) is 5.91 Å². The number of alkyl halides is 2. The number of hydrogen-bond donors (Lipinski definition) is 3. The van der Waals surface area contributed by atoms with Gasteiger partial charge in [-0.3, -0.25) is 9.59 Å². The van der Waals surface area contributed by atoms with E-state index in [-0.39, 0.29) is 35.3 Å². The number of halogens is 2. The summed E-state index contributed by atoms with van der Waals surface area (Å²) in [6.07, 6.45) is -3.58. The Labute approximate surface area is 221 Å². The second-order valence-electron chi connectivity index (χ2n) is 9.69. The SMILES string of the molecule is COc1ccc2c(c1)O[C@@H](C(=O)Nc1ccccc1O)C[C@@H]2NC(=O)C1(c2ccc3c(c2)OC(F)(F)O3)CC1. The van der Waals surface area contributed by atoms with Crippen molar-refractivity contribution in [3.8, 4) is 28.7 Å². The lowest BCUT2D eigenvalue weighted by atomic mass is 9.91. The van der Waals surface area contributed by atoms with Crippen LogP contribution in [-0.4, -0.2) is 36.4 Å². The van der Waals surface area contributed by atoms with Crippen LogP contribution in [0.2, 0.25) is 0 Å². The van der Waals surface area contributed by atoms with E-state index in [1.54, 1.807) is 42.5 Å². The third-order valence-electron chi connectivity index (χ3n) is 7.21. The molecule has 3 aromatic rings. The van der Waals surface area contributed by atoms with E-state index in [0.717, 1.165) is 0 Å². The summed E-state index contributed by atoms with van der Waals surface area (Å²) in [5.74, 6) is -0.226. The van der Waals surface area contributed by atoms with Crippen LogP contribution in [-0.2, 0) is 15.0 Å². The van der Waals surface area contributed by atoms with Gasteiger partial charge in [-0.1, -0.05) is 18.2 Å². The molecule has 6 rings (SSSR count). The van der Waals surface area contributed by atoms with Crippen LogP contribution < -0.4 is 29.6 Å². The van der Waals surface area contributed by atoms with Gasteiger partial charge >= 0.3 is 6.29 Å². The van der Waals surface area contributed by atoms with E-state index in [9.17, 15) is 23.5 Å². The van der Waals surface area contributed by atoms with E-state index in [0.29, 0.717) is 35.5 Å². The van der Waals surface area contributed by atoms with Gasteiger partial charge in [0.05, 0.1) is 24.3 Å². The van der Waals surface area contributed by atoms with Crippen LogP contribution >= 0.6 is 0 Å². The lowest BCUT2D eigenvalue weighted by Crippen LogP contribution is -2.44. The summed E-state index contributed by atoms with van der Waals surface area (Å²) in [4.78, 5) is 26.8. The number of anilines is 1. The van der Waals surface area contributed by atoms with Crippen molar-refractivity contribution in [1.29, 1.82) is 0 Å². The number of aromatic hydroxyl groups is 1. The van der Waals surface area contributed by atoms with E-state index < -0.39 is 29.8 Å². The Kier molecular flexibility index (Phi) is 5.74. The average Bonchev–Trinajstić information content (AvgIpc) is 3.66. The van der Waals surface area contributed by atoms with Crippen molar-refractivity contribution in [3.05, 3.63) is 71.8 Å². The van der Waals surface area contributed by atoms with Gasteiger partial charge in [-0.2, -0.15) is 0 Å². The molecule has 2 atom stereocenters. The number of fused-ring (bicyclic) bond motifs is 2. The van der Waals surface area contributed by atoms with Crippen molar-refractivity contribution in [2.24, 2.45) is 0 Å². The summed E-state index contributed by atoms with van der Waals surface area (Å²) >= 11 is 0. The molecule has 3 N–H and O–H groups in total. The molecule has 0 unspecified atom stereocenters. The van der Waals surface area contributed by atoms with Crippen molar-refractivity contribution < 1.29 is 42.4 Å². The molecule has 11 heteroatoms. The van der Waals surface area contributed by atoms with Crippen molar-refractivity contribution in [2.75, 3.05) is 12.4 Å². The highest BCUT2D eigenvalue weighted by molar-refractivity contribution is 5.96. The first-order valence-electron chi connectivity index (χ1n) is 12.3. The van der Waals surface area contributed by atoms with E-state index in [2.05, 4.69) is 20.1 Å². The predicted molar refractivity (Wildman–Crippen MR) is 133 cm³/mol. The van der Waals surface area contributed by atoms with Crippen LogP contribution in [0, 0.1) is 0 Å². The maximum atomic E-state index is 13.6. The second-order valence-corrected chi connectivity index (χ2v) is 9.69. The number of para-hydroxylation sites is 2. The Hall–Kier alpha value is -4.54. The summed E-state index contributed by atoms with van der Waals surface area (Å²) in [6.45, 7) is 0. The summed E-state index contributed by atoms with van der Waals surface area (Å²) in [7, 11) is 1.50. The second kappa shape index (κ2) is 9.04. The number of benzene rings is 3. The van der Waals surface area contributed by atoms with Gasteiger partial charge < -0.3 is 34.7 Å². The Balaban J connectivity index is 1.25. The van der Waals surface area contributed by atoms with Crippen LogP contribution in [0.1, 0.15) is 36.4 Å². The van der Waals surface area contributed by atoms with Gasteiger partial charge in [-0.15, -0.1) is 8.78 Å². The minimum absolute atomic E-state index is 0.0919. The molecule has 3 aromatic carbocycles. The Morgan fingerprint density at radius 1 is 1.00 bits per heavy atom. The van der Waals surface area contributed by atoms with E-state index >= 15 is 0 Å². The number of nitrogens with one attached hydrogen (secondary N) is 2. The summed E-state index contributed by atoms with van der Waals surface area (Å²) in [6, 6.07) is 15.2. The number of amides is 2. The third-order valence-corrected chi connectivity index (χ3v) is 7.21. The van der Waals surface area contributed by atoms with Crippen LogP contribution in [0.5, 0.6) is 28.7 Å². The summed E-state index contributed by atoms with van der Waals surface area (Å²) in [5.41, 5.74) is 0.510. The zero-order chi connectivity index (χ0) is 27.4. The number of phenols is 1. The highest BCUT2D eigenvalue weighted by Gasteiger charge is 2.53. The van der Waals surface area contributed by atoms with Gasteiger partial charge in [0.1, 0.15) is 17.2 Å². The van der Waals surface area contributed by atoms with Crippen LogP contribution in [0.3, 0.4) is 0 Å². The molecule has 0 aromatic heterocycles. The molecule has 2 heterocycles. The largest absolute Gasteiger partial charge is 0.586 e. The average molecular weight is 539 g/mol. The van der Waals surface area contributed by atoms with Crippen LogP contribution in [0.25, 0.3) is 0 Å². The Morgan fingerprint density at radius 2 is 1.77 bits per heavy atom. The smallest absolute Gasteiger partial charge is 0.506 e. The zero-order valence-corrected chi connectivity index (χ0v) is 20.7. The lowest BCUT2D eigenvalue weighted by Gasteiger charge is -2.33. The van der Waals surface area contributed by atoms with Gasteiger partial charge in [0, 0.05) is 18.1 Å². The molecule has 202 valence electrons. The standard InChI is InChI=1S/C28H24F2N2O7/c1-36-16-7-8-17-19(14-24(37-22(17)13-16)25(34)31-18-4-2-3-5-20(18)33)32-26(35)27(10-11-27)15-6-9-21-23(12-15)39-28(29,30)38-21/h2-9,12-13,19,24,33H,10-11,14H2,1H3,(H,31,34)(H,32,35)/t19-,24+/m0/s1. The topological polar surface area (TPSA) is 115 Å². The minimum Gasteiger partial charge on any atom is -0.506 e. The molecular formula is C28H24F2N2O7. The van der Waals surface area contributed by atoms with Crippen molar-refractivity contribution in [3.63, 3.8) is 0 Å². The highest BCUT2D eigenvalue weighted by atomic mass is 19.3. The maximum absolute atomic E-state index is 13.6. The molecule has 0 radical (unpaired) electrons. The number of carbonyl (C=O) groups is 2. The van der Waals surface area contributed by atoms with Gasteiger partial charge in [0.25, 0.3) is 5.91 Å². The summed E-state index contributed by atoms with van der Waals surface area (Å²) in [5, 5.41) is 15.8. The van der Waals surface area contributed by atoms with Gasteiger partial charge in [0.15, 0.2) is 17.6 Å². The molecule has 2 aliphatic heterocycles. The van der Waals surface area contributed by atoms with Crippen molar-refractivity contribution >= 4 is 17.5 Å². The fourth-order valence-electron chi connectivity index (χ4n) is 4.98. The monoisotopic (exact) mass is 538 g/mol. The number of rotatable bonds is 6. The number of ether oxygens (including phenoxy) is 4. The zero-order valence-electron chi connectivity index (χ0n) is 20.7. The minimum atomic E-state index is -3.75. The molecule has 1 aliphatic carbocycles. The molecule has 0 bridgehead atoms. The molecular weight excluding hydrogens is 514 g/mol. The summed E-state index contributed by atoms with van der Waals surface area (Å²) < 4.78 is 47.4. The molecule has 0 saturated heterocycles. The Morgan fingerprint density at radius 3 is 2.51 bits per heavy atom. The van der Waals surface area contributed by atoms with Crippen molar-refractivity contribution in [2.45, 2.75) is 43.1 Å². The first-order valence-corrected chi connectivity index (χ1v) is 12.3. The third kappa shape index (κ3) is 4.53. The lowest BCUT2D eigenvalue weighted by molar-refractivity contribution is -0.286. The molecule has 9 nitrogen and oxygen atoms in total. The predicted octanol–water partition coefficient (Wildman–Crippen LogP) is 4.40. The van der Waals surface area contributed by atoms with E-state index in [1.807, 2.05) is 0 Å². The normalized spacial score (nSPS) is 21.2. The molecule has 0 spiro atoms. The molecule has 39 heavy (non-hydrogen) atoms. The Bertz CT molecular complexity index is 1470. The molecule has 1 saturated carbocycles. The van der Waals surface area contributed by atoms with Crippen LogP contribution in [0.15, 0.2) is 60.7 Å². The first kappa shape index (κ1) is 24.8.